The normalized spacial score (nSPS) is 17.8. The van der Waals surface area contributed by atoms with E-state index in [9.17, 15) is 35.9 Å². The highest BCUT2D eigenvalue weighted by molar-refractivity contribution is 6.00. The number of carbonyl (C=O) groups excluding carboxylic acids is 2. The summed E-state index contributed by atoms with van der Waals surface area (Å²) in [4.78, 5) is 38.5. The number of aromatic amines is 1. The largest absolute Gasteiger partial charge is 0.421 e. The molecule has 5 rings (SSSR count). The molecule has 12 nitrogen and oxygen atoms in total. The lowest BCUT2D eigenvalue weighted by molar-refractivity contribution is -0.303. The molecule has 240 valence electrons. The smallest absolute Gasteiger partial charge is 0.383 e. The second-order valence-electron chi connectivity index (χ2n) is 11.0. The summed E-state index contributed by atoms with van der Waals surface area (Å²) in [6.07, 6.45) is -7.66. The Morgan fingerprint density at radius 2 is 1.76 bits per heavy atom. The Kier molecular flexibility index (Phi) is 7.83. The first-order chi connectivity index (χ1) is 21.0. The minimum atomic E-state index is -5.87. The number of H-pyrrole nitrogens is 1. The average Bonchev–Trinajstić information content (AvgIpc) is 3.68. The molecule has 1 aliphatic heterocycles. The predicted molar refractivity (Wildman–Crippen MR) is 147 cm³/mol. The lowest BCUT2D eigenvalue weighted by atomic mass is 9.93. The van der Waals surface area contributed by atoms with Crippen LogP contribution in [0.1, 0.15) is 71.3 Å². The van der Waals surface area contributed by atoms with Crippen LogP contribution in [-0.4, -0.2) is 75.8 Å². The average molecular weight is 639 g/mol. The highest BCUT2D eigenvalue weighted by Gasteiger charge is 2.70. The predicted octanol–water partition coefficient (Wildman–Crippen LogP) is 3.91. The van der Waals surface area contributed by atoms with Crippen LogP contribution in [0.3, 0.4) is 0 Å². The first-order valence-corrected chi connectivity index (χ1v) is 13.7. The monoisotopic (exact) mass is 638 g/mol. The standard InChI is InChI=1S/C27H28F6N10O2/c1-12-4-6-16(42(12)24(45)22-38-14(3)40-41-22)7-8-18-20(13(2)44)21(34)43-23(39-18)17(11-37-43)15-5-9-19(36-10-15)25(35,26(28,29)30)27(31,32)33/h5,9-12,16H,4,6-8,34-35H2,1-3H3,(H,38,40,41)/t12-,16-/m1/s1. The summed E-state index contributed by atoms with van der Waals surface area (Å²) in [5.41, 5.74) is 5.79. The minimum Gasteiger partial charge on any atom is -0.383 e. The number of Topliss-reactive ketones (excluding diaryl/α,β-unsaturated/α-hetero) is 1. The van der Waals surface area contributed by atoms with E-state index in [4.69, 9.17) is 11.5 Å². The van der Waals surface area contributed by atoms with Crippen LogP contribution >= 0.6 is 0 Å². The maximum atomic E-state index is 13.4. The number of nitrogens with zero attached hydrogens (tertiary/aromatic N) is 7. The molecule has 0 spiro atoms. The molecule has 1 amide bonds. The molecule has 0 saturated carbocycles. The van der Waals surface area contributed by atoms with Crippen molar-refractivity contribution in [2.75, 3.05) is 5.73 Å². The van der Waals surface area contributed by atoms with Gasteiger partial charge in [-0.15, -0.1) is 10.2 Å². The van der Waals surface area contributed by atoms with E-state index in [1.807, 2.05) is 6.92 Å². The van der Waals surface area contributed by atoms with E-state index in [2.05, 4.69) is 30.2 Å². The van der Waals surface area contributed by atoms with Crippen LogP contribution in [0.25, 0.3) is 16.8 Å². The highest BCUT2D eigenvalue weighted by Crippen LogP contribution is 2.47. The number of carbonyl (C=O) groups is 2. The quantitative estimate of drug-likeness (QED) is 0.200. The molecular weight excluding hydrogens is 610 g/mol. The molecule has 1 saturated heterocycles. The van der Waals surface area contributed by atoms with Crippen LogP contribution in [0.2, 0.25) is 0 Å². The molecule has 0 aromatic carbocycles. The zero-order valence-electron chi connectivity index (χ0n) is 24.2. The molecule has 5 heterocycles. The van der Waals surface area contributed by atoms with Crippen LogP contribution in [0, 0.1) is 6.92 Å². The number of aryl methyl sites for hydroxylation is 2. The number of hydrogen-bond donors (Lipinski definition) is 3. The molecule has 0 bridgehead atoms. The molecule has 0 unspecified atom stereocenters. The van der Waals surface area contributed by atoms with Gasteiger partial charge in [0.15, 0.2) is 11.4 Å². The van der Waals surface area contributed by atoms with Gasteiger partial charge in [0.2, 0.25) is 5.82 Å². The molecule has 1 aliphatic rings. The SMILES string of the molecule is CC(=O)c1c(CC[C@H]2CC[C@@H](C)N2C(=O)c2nnc(C)[nH]2)nc2c(-c3ccc(C(N)(C(F)(F)F)C(F)(F)F)nc3)cnn2c1N. The van der Waals surface area contributed by atoms with E-state index < -0.39 is 29.4 Å². The first-order valence-electron chi connectivity index (χ1n) is 13.7. The lowest BCUT2D eigenvalue weighted by Crippen LogP contribution is -2.61. The van der Waals surface area contributed by atoms with Crippen molar-refractivity contribution in [1.29, 1.82) is 0 Å². The lowest BCUT2D eigenvalue weighted by Gasteiger charge is -2.32. The van der Waals surface area contributed by atoms with E-state index in [0.29, 0.717) is 24.7 Å². The summed E-state index contributed by atoms with van der Waals surface area (Å²) in [6, 6.07) is 1.22. The molecule has 18 heteroatoms. The number of likely N-dealkylation sites (tertiary alicyclic amines) is 1. The van der Waals surface area contributed by atoms with Crippen LogP contribution in [-0.2, 0) is 12.0 Å². The van der Waals surface area contributed by atoms with E-state index in [-0.39, 0.29) is 64.1 Å². The van der Waals surface area contributed by atoms with Crippen LogP contribution in [0.5, 0.6) is 0 Å². The molecule has 4 aromatic heterocycles. The fourth-order valence-electron chi connectivity index (χ4n) is 5.66. The van der Waals surface area contributed by atoms with Gasteiger partial charge >= 0.3 is 12.4 Å². The Balaban J connectivity index is 1.49. The molecule has 1 fully saturated rings. The minimum absolute atomic E-state index is 0.0571. The Morgan fingerprint density at radius 3 is 2.31 bits per heavy atom. The highest BCUT2D eigenvalue weighted by atomic mass is 19.4. The number of amides is 1. The van der Waals surface area contributed by atoms with Crippen molar-refractivity contribution in [2.45, 2.75) is 76.4 Å². The van der Waals surface area contributed by atoms with E-state index in [1.54, 1.807) is 11.8 Å². The number of anilines is 1. The Morgan fingerprint density at radius 1 is 1.07 bits per heavy atom. The van der Waals surface area contributed by atoms with Gasteiger partial charge in [0, 0.05) is 29.4 Å². The van der Waals surface area contributed by atoms with Crippen molar-refractivity contribution < 1.29 is 35.9 Å². The number of fused-ring (bicyclic) bond motifs is 1. The topological polar surface area (TPSA) is 174 Å². The number of alkyl halides is 6. The first kappa shape index (κ1) is 31.8. The number of aromatic nitrogens is 7. The Bertz CT molecular complexity index is 1750. The number of rotatable bonds is 7. The van der Waals surface area contributed by atoms with Gasteiger partial charge in [0.05, 0.1) is 23.1 Å². The number of halogens is 6. The zero-order chi connectivity index (χ0) is 33.1. The number of ketones is 1. The third-order valence-corrected chi connectivity index (χ3v) is 8.02. The van der Waals surface area contributed by atoms with Gasteiger partial charge in [-0.2, -0.15) is 36.0 Å². The number of pyridine rings is 1. The van der Waals surface area contributed by atoms with E-state index in [1.165, 1.54) is 13.1 Å². The molecular formula is C27H28F6N10O2. The van der Waals surface area contributed by atoms with Crippen molar-refractivity contribution >= 4 is 23.2 Å². The van der Waals surface area contributed by atoms with Crippen molar-refractivity contribution in [1.82, 2.24) is 39.7 Å². The van der Waals surface area contributed by atoms with E-state index in [0.717, 1.165) is 23.2 Å². The fourth-order valence-corrected chi connectivity index (χ4v) is 5.66. The molecule has 4 aromatic rings. The Labute approximate surface area is 251 Å². The Hall–Kier alpha value is -4.61. The summed E-state index contributed by atoms with van der Waals surface area (Å²) in [5.74, 6) is -0.167. The summed E-state index contributed by atoms with van der Waals surface area (Å²) in [7, 11) is 0. The van der Waals surface area contributed by atoms with Gasteiger partial charge in [0.1, 0.15) is 11.6 Å². The van der Waals surface area contributed by atoms with Gasteiger partial charge in [-0.3, -0.25) is 14.6 Å². The number of nitrogens with one attached hydrogen (secondary N) is 1. The van der Waals surface area contributed by atoms with Crippen molar-refractivity contribution in [3.05, 3.63) is 53.1 Å². The zero-order valence-corrected chi connectivity index (χ0v) is 24.2. The maximum absolute atomic E-state index is 13.4. The van der Waals surface area contributed by atoms with Crippen molar-refractivity contribution in [2.24, 2.45) is 5.73 Å². The van der Waals surface area contributed by atoms with Gasteiger partial charge < -0.3 is 21.4 Å². The van der Waals surface area contributed by atoms with Gasteiger partial charge in [-0.1, -0.05) is 6.07 Å². The van der Waals surface area contributed by atoms with Crippen LogP contribution < -0.4 is 11.5 Å². The van der Waals surface area contributed by atoms with Gasteiger partial charge in [-0.25, -0.2) is 4.98 Å². The molecule has 2 atom stereocenters. The van der Waals surface area contributed by atoms with E-state index >= 15 is 0 Å². The second kappa shape index (κ2) is 11.1. The van der Waals surface area contributed by atoms with Crippen molar-refractivity contribution in [3.8, 4) is 11.1 Å². The number of hydrogen-bond acceptors (Lipinski definition) is 9. The fraction of sp³-hybridized carbons (Fsp3) is 0.444. The third kappa shape index (κ3) is 5.36. The summed E-state index contributed by atoms with van der Waals surface area (Å²) in [5, 5.41) is 11.9. The molecule has 0 aliphatic carbocycles. The third-order valence-electron chi connectivity index (χ3n) is 8.02. The molecule has 5 N–H and O–H groups in total. The number of nitrogens with two attached hydrogens (primary N) is 2. The summed E-state index contributed by atoms with van der Waals surface area (Å²) in [6.45, 7) is 4.89. The van der Waals surface area contributed by atoms with Crippen LogP contribution in [0.4, 0.5) is 32.2 Å². The summed E-state index contributed by atoms with van der Waals surface area (Å²) < 4.78 is 81.8. The van der Waals surface area contributed by atoms with Crippen molar-refractivity contribution in [3.63, 3.8) is 0 Å². The maximum Gasteiger partial charge on any atom is 0.421 e. The summed E-state index contributed by atoms with van der Waals surface area (Å²) >= 11 is 0. The number of nitrogen functional groups attached to an aromatic ring is 1. The molecule has 0 radical (unpaired) electrons. The molecule has 45 heavy (non-hydrogen) atoms. The van der Waals surface area contributed by atoms with Crippen LogP contribution in [0.15, 0.2) is 24.5 Å². The second-order valence-corrected chi connectivity index (χ2v) is 11.0. The van der Waals surface area contributed by atoms with Gasteiger partial charge in [-0.05, 0) is 52.5 Å². The van der Waals surface area contributed by atoms with Gasteiger partial charge in [0.25, 0.3) is 11.4 Å².